The standard InChI is InChI=1S/C18H20ClN3S/c1-21(2)10-11-22(3)18-14-12-13(19)8-9-16(14)23-17-7-5-4-6-15(17)20-18/h4-9,12H,10-11H2,1-3H3. The molecule has 2 aromatic rings. The third-order valence-electron chi connectivity index (χ3n) is 3.74. The van der Waals surface area contributed by atoms with Crippen molar-refractivity contribution in [1.29, 1.82) is 0 Å². The smallest absolute Gasteiger partial charge is 0.137 e. The van der Waals surface area contributed by atoms with Crippen LogP contribution in [0, 0.1) is 0 Å². The van der Waals surface area contributed by atoms with Gasteiger partial charge in [0.2, 0.25) is 0 Å². The monoisotopic (exact) mass is 345 g/mol. The zero-order valence-electron chi connectivity index (χ0n) is 13.6. The van der Waals surface area contributed by atoms with E-state index >= 15 is 0 Å². The third kappa shape index (κ3) is 3.71. The highest BCUT2D eigenvalue weighted by atomic mass is 35.5. The van der Waals surface area contributed by atoms with Crippen molar-refractivity contribution in [3.05, 3.63) is 53.1 Å². The molecule has 5 heteroatoms. The van der Waals surface area contributed by atoms with Gasteiger partial charge in [-0.05, 0) is 44.4 Å². The number of benzene rings is 2. The average molecular weight is 346 g/mol. The van der Waals surface area contributed by atoms with Crippen LogP contribution in [0.1, 0.15) is 5.56 Å². The summed E-state index contributed by atoms with van der Waals surface area (Å²) in [6, 6.07) is 14.3. The molecule has 3 nitrogen and oxygen atoms in total. The first-order chi connectivity index (χ1) is 11.0. The summed E-state index contributed by atoms with van der Waals surface area (Å²) in [7, 11) is 6.25. The van der Waals surface area contributed by atoms with Gasteiger partial charge in [0.15, 0.2) is 0 Å². The van der Waals surface area contributed by atoms with E-state index in [1.165, 1.54) is 9.79 Å². The highest BCUT2D eigenvalue weighted by Gasteiger charge is 2.20. The molecule has 0 amide bonds. The first-order valence-electron chi connectivity index (χ1n) is 7.56. The van der Waals surface area contributed by atoms with E-state index in [1.807, 2.05) is 18.2 Å². The highest BCUT2D eigenvalue weighted by molar-refractivity contribution is 7.99. The van der Waals surface area contributed by atoms with Crippen LogP contribution in [-0.4, -0.2) is 49.9 Å². The number of likely N-dealkylation sites (N-methyl/N-ethyl adjacent to an activating group) is 2. The molecule has 3 rings (SSSR count). The second-order valence-corrected chi connectivity index (χ2v) is 7.39. The van der Waals surface area contributed by atoms with Crippen LogP contribution in [0.3, 0.4) is 0 Å². The average Bonchev–Trinajstić information content (AvgIpc) is 2.69. The van der Waals surface area contributed by atoms with E-state index in [9.17, 15) is 0 Å². The summed E-state index contributed by atoms with van der Waals surface area (Å²) >= 11 is 8.00. The van der Waals surface area contributed by atoms with Crippen LogP contribution < -0.4 is 0 Å². The minimum Gasteiger partial charge on any atom is -0.358 e. The van der Waals surface area contributed by atoms with Crippen LogP contribution in [0.2, 0.25) is 5.02 Å². The predicted molar refractivity (Wildman–Crippen MR) is 99.4 cm³/mol. The van der Waals surface area contributed by atoms with Crippen LogP contribution in [0.25, 0.3) is 0 Å². The lowest BCUT2D eigenvalue weighted by Gasteiger charge is -2.24. The summed E-state index contributed by atoms with van der Waals surface area (Å²) in [4.78, 5) is 11.7. The molecule has 0 saturated carbocycles. The Bertz CT molecular complexity index is 743. The lowest BCUT2D eigenvalue weighted by atomic mass is 10.2. The Hall–Kier alpha value is -1.49. The molecule has 120 valence electrons. The number of rotatable bonds is 3. The number of amidine groups is 1. The Morgan fingerprint density at radius 2 is 1.78 bits per heavy atom. The van der Waals surface area contributed by atoms with E-state index in [4.69, 9.17) is 16.6 Å². The summed E-state index contributed by atoms with van der Waals surface area (Å²) in [6.07, 6.45) is 0. The van der Waals surface area contributed by atoms with Gasteiger partial charge in [-0.1, -0.05) is 35.5 Å². The number of hydrogen-bond acceptors (Lipinski definition) is 4. The Morgan fingerprint density at radius 1 is 1.00 bits per heavy atom. The quantitative estimate of drug-likeness (QED) is 0.822. The van der Waals surface area contributed by atoms with Crippen molar-refractivity contribution in [1.82, 2.24) is 9.80 Å². The van der Waals surface area contributed by atoms with Crippen LogP contribution in [0.5, 0.6) is 0 Å². The number of nitrogens with zero attached hydrogens (tertiary/aromatic N) is 3. The molecule has 0 saturated heterocycles. The largest absolute Gasteiger partial charge is 0.358 e. The van der Waals surface area contributed by atoms with E-state index < -0.39 is 0 Å². The van der Waals surface area contributed by atoms with Crippen LogP contribution in [0.4, 0.5) is 5.69 Å². The molecule has 2 aromatic carbocycles. The normalized spacial score (nSPS) is 13.2. The molecule has 0 radical (unpaired) electrons. The maximum absolute atomic E-state index is 6.25. The summed E-state index contributed by atoms with van der Waals surface area (Å²) in [5.41, 5.74) is 2.11. The Morgan fingerprint density at radius 3 is 2.57 bits per heavy atom. The molecular formula is C18H20ClN3S. The molecule has 0 aromatic heterocycles. The first kappa shape index (κ1) is 16.4. The number of aliphatic imine (C=N–C) groups is 1. The van der Waals surface area contributed by atoms with Gasteiger partial charge in [0.05, 0.1) is 5.69 Å². The maximum Gasteiger partial charge on any atom is 0.137 e. The molecule has 0 atom stereocenters. The number of para-hydroxylation sites is 1. The summed E-state index contributed by atoms with van der Waals surface area (Å²) in [5, 5.41) is 0.740. The van der Waals surface area contributed by atoms with Gasteiger partial charge in [-0.3, -0.25) is 0 Å². The summed E-state index contributed by atoms with van der Waals surface area (Å²) < 4.78 is 0. The molecule has 0 N–H and O–H groups in total. The van der Waals surface area contributed by atoms with Crippen LogP contribution in [-0.2, 0) is 0 Å². The van der Waals surface area contributed by atoms with Crippen molar-refractivity contribution in [3.8, 4) is 0 Å². The molecule has 1 aliphatic rings. The lowest BCUT2D eigenvalue weighted by Crippen LogP contribution is -2.34. The molecule has 0 aliphatic carbocycles. The van der Waals surface area contributed by atoms with Crippen molar-refractivity contribution < 1.29 is 0 Å². The van der Waals surface area contributed by atoms with Crippen LogP contribution >= 0.6 is 23.4 Å². The fraction of sp³-hybridized carbons (Fsp3) is 0.278. The topological polar surface area (TPSA) is 18.8 Å². The van der Waals surface area contributed by atoms with Crippen molar-refractivity contribution in [2.75, 3.05) is 34.2 Å². The lowest BCUT2D eigenvalue weighted by molar-refractivity contribution is 0.357. The third-order valence-corrected chi connectivity index (χ3v) is 5.11. The summed E-state index contributed by atoms with van der Waals surface area (Å²) in [6.45, 7) is 1.88. The van der Waals surface area contributed by atoms with Gasteiger partial charge in [-0.15, -0.1) is 0 Å². The zero-order chi connectivity index (χ0) is 16.4. The Balaban J connectivity index is 2.07. The number of halogens is 1. The van der Waals surface area contributed by atoms with Gasteiger partial charge in [-0.25, -0.2) is 4.99 Å². The van der Waals surface area contributed by atoms with Gasteiger partial charge in [0.25, 0.3) is 0 Å². The molecule has 0 fully saturated rings. The SMILES string of the molecule is CN(C)CCN(C)C1=Nc2ccccc2Sc2ccc(Cl)cc21. The number of fused-ring (bicyclic) bond motifs is 2. The Kier molecular flexibility index (Phi) is 4.95. The van der Waals surface area contributed by atoms with Crippen molar-refractivity contribution in [3.63, 3.8) is 0 Å². The fourth-order valence-corrected chi connectivity index (χ4v) is 3.61. The van der Waals surface area contributed by atoms with Gasteiger partial charge in [-0.2, -0.15) is 0 Å². The molecule has 1 aliphatic heterocycles. The molecule has 0 unspecified atom stereocenters. The number of hydrogen-bond donors (Lipinski definition) is 0. The van der Waals surface area contributed by atoms with Gasteiger partial charge in [0.1, 0.15) is 5.84 Å². The van der Waals surface area contributed by atoms with Gasteiger partial charge in [0, 0.05) is 40.5 Å². The molecule has 23 heavy (non-hydrogen) atoms. The van der Waals surface area contributed by atoms with Crippen molar-refractivity contribution in [2.45, 2.75) is 9.79 Å². The highest BCUT2D eigenvalue weighted by Crippen LogP contribution is 2.41. The first-order valence-corrected chi connectivity index (χ1v) is 8.75. The van der Waals surface area contributed by atoms with Crippen molar-refractivity contribution in [2.24, 2.45) is 4.99 Å². The second-order valence-electron chi connectivity index (χ2n) is 5.87. The van der Waals surface area contributed by atoms with E-state index in [0.717, 1.165) is 35.2 Å². The van der Waals surface area contributed by atoms with Gasteiger partial charge < -0.3 is 9.80 Å². The van der Waals surface area contributed by atoms with Crippen LogP contribution in [0.15, 0.2) is 57.2 Å². The van der Waals surface area contributed by atoms with Crippen molar-refractivity contribution >= 4 is 34.9 Å². The predicted octanol–water partition coefficient (Wildman–Crippen LogP) is 4.38. The van der Waals surface area contributed by atoms with Gasteiger partial charge >= 0.3 is 0 Å². The molecular weight excluding hydrogens is 326 g/mol. The van der Waals surface area contributed by atoms with E-state index in [-0.39, 0.29) is 0 Å². The Labute approximate surface area is 147 Å². The van der Waals surface area contributed by atoms with E-state index in [2.05, 4.69) is 55.2 Å². The van der Waals surface area contributed by atoms with E-state index in [1.54, 1.807) is 11.8 Å². The zero-order valence-corrected chi connectivity index (χ0v) is 15.2. The molecule has 1 heterocycles. The second kappa shape index (κ2) is 6.95. The van der Waals surface area contributed by atoms with E-state index in [0.29, 0.717) is 0 Å². The summed E-state index contributed by atoms with van der Waals surface area (Å²) in [5.74, 6) is 0.974. The minimum atomic E-state index is 0.740. The molecule has 0 bridgehead atoms. The fourth-order valence-electron chi connectivity index (χ4n) is 2.44. The molecule has 0 spiro atoms. The minimum absolute atomic E-state index is 0.740. The maximum atomic E-state index is 6.25.